The Kier molecular flexibility index (Phi) is 6.78. The summed E-state index contributed by atoms with van der Waals surface area (Å²) in [5.74, 6) is 0.945. The fourth-order valence-electron chi connectivity index (χ4n) is 2.64. The number of methoxy groups -OCH3 is 2. The van der Waals surface area contributed by atoms with E-state index in [2.05, 4.69) is 5.32 Å². The highest BCUT2D eigenvalue weighted by Gasteiger charge is 2.17. The summed E-state index contributed by atoms with van der Waals surface area (Å²) < 4.78 is 23.6. The number of carbonyl (C=O) groups excluding carboxylic acids is 1. The molecule has 0 aliphatic rings. The summed E-state index contributed by atoms with van der Waals surface area (Å²) in [6.45, 7) is 4.01. The van der Waals surface area contributed by atoms with Crippen molar-refractivity contribution in [2.75, 3.05) is 14.2 Å². The van der Waals surface area contributed by atoms with Gasteiger partial charge in [-0.05, 0) is 47.9 Å². The van der Waals surface area contributed by atoms with E-state index in [0.29, 0.717) is 11.5 Å². The zero-order chi connectivity index (χ0) is 19.1. The predicted octanol–water partition coefficient (Wildman–Crippen LogP) is 4.37. The molecule has 0 aliphatic heterocycles. The number of amides is 1. The Morgan fingerprint density at radius 2 is 1.77 bits per heavy atom. The molecule has 0 aromatic heterocycles. The van der Waals surface area contributed by atoms with E-state index in [0.717, 1.165) is 11.1 Å². The zero-order valence-corrected chi connectivity index (χ0v) is 15.5. The number of nitrogens with one attached hydrogen (secondary N) is 1. The van der Waals surface area contributed by atoms with Crippen LogP contribution >= 0.6 is 0 Å². The molecule has 2 rings (SSSR count). The van der Waals surface area contributed by atoms with Crippen LogP contribution in [0.15, 0.2) is 48.5 Å². The first-order chi connectivity index (χ1) is 12.4. The molecule has 0 unspecified atom stereocenters. The maximum atomic E-state index is 13.1. The molecule has 5 heteroatoms. The van der Waals surface area contributed by atoms with Crippen LogP contribution in [0, 0.1) is 11.7 Å². The maximum Gasteiger partial charge on any atom is 0.244 e. The Morgan fingerprint density at radius 3 is 2.35 bits per heavy atom. The van der Waals surface area contributed by atoms with Crippen molar-refractivity contribution in [1.82, 2.24) is 5.32 Å². The summed E-state index contributed by atoms with van der Waals surface area (Å²) in [7, 11) is 3.15. The lowest BCUT2D eigenvalue weighted by molar-refractivity contribution is -0.117. The summed E-state index contributed by atoms with van der Waals surface area (Å²) in [5.41, 5.74) is 1.60. The minimum atomic E-state index is -0.299. The molecule has 1 atom stereocenters. The van der Waals surface area contributed by atoms with Gasteiger partial charge in [-0.15, -0.1) is 0 Å². The Balaban J connectivity index is 2.15. The highest BCUT2D eigenvalue weighted by Crippen LogP contribution is 2.25. The molecule has 0 saturated carbocycles. The number of hydrogen-bond acceptors (Lipinski definition) is 3. The van der Waals surface area contributed by atoms with E-state index < -0.39 is 0 Å². The van der Waals surface area contributed by atoms with Crippen LogP contribution in [0.3, 0.4) is 0 Å². The molecule has 0 spiro atoms. The van der Waals surface area contributed by atoms with Gasteiger partial charge in [0.05, 0.1) is 20.3 Å². The van der Waals surface area contributed by atoms with E-state index in [1.165, 1.54) is 18.2 Å². The SMILES string of the molecule is COc1ccc(OC)c(/C=C/C(=O)N[C@@H](c2ccc(F)cc2)C(C)C)c1. The van der Waals surface area contributed by atoms with Gasteiger partial charge in [-0.25, -0.2) is 4.39 Å². The molecule has 0 saturated heterocycles. The van der Waals surface area contributed by atoms with E-state index in [-0.39, 0.29) is 23.7 Å². The molecule has 4 nitrogen and oxygen atoms in total. The summed E-state index contributed by atoms with van der Waals surface area (Å²) in [5, 5.41) is 2.97. The normalized spacial score (nSPS) is 12.2. The Bertz CT molecular complexity index is 769. The van der Waals surface area contributed by atoms with E-state index in [9.17, 15) is 9.18 Å². The number of ether oxygens (including phenoxy) is 2. The number of benzene rings is 2. The van der Waals surface area contributed by atoms with E-state index in [1.54, 1.807) is 50.6 Å². The molecule has 1 N–H and O–H groups in total. The first kappa shape index (κ1) is 19.5. The third-order valence-corrected chi connectivity index (χ3v) is 4.04. The Hall–Kier alpha value is -2.82. The molecule has 26 heavy (non-hydrogen) atoms. The zero-order valence-electron chi connectivity index (χ0n) is 15.5. The van der Waals surface area contributed by atoms with Crippen molar-refractivity contribution in [3.05, 3.63) is 65.5 Å². The first-order valence-corrected chi connectivity index (χ1v) is 8.40. The van der Waals surface area contributed by atoms with Crippen LogP contribution in [0.2, 0.25) is 0 Å². The van der Waals surface area contributed by atoms with Gasteiger partial charge in [-0.1, -0.05) is 26.0 Å². The van der Waals surface area contributed by atoms with Crippen LogP contribution in [-0.4, -0.2) is 20.1 Å². The molecular formula is C21H24FNO3. The molecule has 0 bridgehead atoms. The largest absolute Gasteiger partial charge is 0.497 e. The lowest BCUT2D eigenvalue weighted by atomic mass is 9.96. The molecule has 1 amide bonds. The number of carbonyl (C=O) groups is 1. The maximum absolute atomic E-state index is 13.1. The van der Waals surface area contributed by atoms with Gasteiger partial charge in [0.25, 0.3) is 0 Å². The molecule has 0 heterocycles. The summed E-state index contributed by atoms with van der Waals surface area (Å²) in [6, 6.07) is 11.3. The summed E-state index contributed by atoms with van der Waals surface area (Å²) in [6.07, 6.45) is 3.13. The topological polar surface area (TPSA) is 47.6 Å². The molecule has 0 radical (unpaired) electrons. The second-order valence-electron chi connectivity index (χ2n) is 6.22. The second-order valence-corrected chi connectivity index (χ2v) is 6.22. The highest BCUT2D eigenvalue weighted by molar-refractivity contribution is 5.92. The lowest BCUT2D eigenvalue weighted by Crippen LogP contribution is -2.30. The van der Waals surface area contributed by atoms with E-state index in [1.807, 2.05) is 13.8 Å². The monoisotopic (exact) mass is 357 g/mol. The van der Waals surface area contributed by atoms with Gasteiger partial charge in [-0.3, -0.25) is 4.79 Å². The standard InChI is InChI=1S/C21H24FNO3/c1-14(2)21(15-5-8-17(22)9-6-15)23-20(24)12-7-16-13-18(25-3)10-11-19(16)26-4/h5-14,21H,1-4H3,(H,23,24)/b12-7+/t21-/m1/s1. The van der Waals surface area contributed by atoms with Gasteiger partial charge in [0.2, 0.25) is 5.91 Å². The lowest BCUT2D eigenvalue weighted by Gasteiger charge is -2.22. The van der Waals surface area contributed by atoms with Gasteiger partial charge in [-0.2, -0.15) is 0 Å². The molecular weight excluding hydrogens is 333 g/mol. The number of hydrogen-bond donors (Lipinski definition) is 1. The predicted molar refractivity (Wildman–Crippen MR) is 101 cm³/mol. The van der Waals surface area contributed by atoms with Gasteiger partial charge < -0.3 is 14.8 Å². The van der Waals surface area contributed by atoms with Crippen molar-refractivity contribution in [1.29, 1.82) is 0 Å². The minimum absolute atomic E-state index is 0.157. The van der Waals surface area contributed by atoms with Crippen LogP contribution in [0.5, 0.6) is 11.5 Å². The first-order valence-electron chi connectivity index (χ1n) is 8.40. The van der Waals surface area contributed by atoms with Gasteiger partial charge in [0.15, 0.2) is 0 Å². The molecule has 2 aromatic rings. The smallest absolute Gasteiger partial charge is 0.244 e. The fraction of sp³-hybridized carbons (Fsp3) is 0.286. The third kappa shape index (κ3) is 5.09. The highest BCUT2D eigenvalue weighted by atomic mass is 19.1. The van der Waals surface area contributed by atoms with Crippen molar-refractivity contribution in [2.24, 2.45) is 5.92 Å². The summed E-state index contributed by atoms with van der Waals surface area (Å²) in [4.78, 5) is 12.4. The fourth-order valence-corrected chi connectivity index (χ4v) is 2.64. The van der Waals surface area contributed by atoms with Crippen LogP contribution in [0.1, 0.15) is 31.0 Å². The average molecular weight is 357 g/mol. The third-order valence-electron chi connectivity index (χ3n) is 4.04. The van der Waals surface area contributed by atoms with Crippen molar-refractivity contribution >= 4 is 12.0 Å². The van der Waals surface area contributed by atoms with Crippen molar-refractivity contribution in [3.63, 3.8) is 0 Å². The number of halogens is 1. The molecule has 138 valence electrons. The molecule has 0 aliphatic carbocycles. The van der Waals surface area contributed by atoms with Crippen LogP contribution in [0.25, 0.3) is 6.08 Å². The van der Waals surface area contributed by atoms with Crippen LogP contribution in [-0.2, 0) is 4.79 Å². The molecule has 0 fully saturated rings. The number of rotatable bonds is 7. The average Bonchev–Trinajstić information content (AvgIpc) is 2.64. The van der Waals surface area contributed by atoms with Crippen LogP contribution in [0.4, 0.5) is 4.39 Å². The van der Waals surface area contributed by atoms with E-state index >= 15 is 0 Å². The van der Waals surface area contributed by atoms with Crippen molar-refractivity contribution < 1.29 is 18.7 Å². The minimum Gasteiger partial charge on any atom is -0.497 e. The Labute approximate surface area is 153 Å². The molecule has 2 aromatic carbocycles. The van der Waals surface area contributed by atoms with Crippen molar-refractivity contribution in [3.8, 4) is 11.5 Å². The summed E-state index contributed by atoms with van der Waals surface area (Å²) >= 11 is 0. The quantitative estimate of drug-likeness (QED) is 0.749. The van der Waals surface area contributed by atoms with E-state index in [4.69, 9.17) is 9.47 Å². The Morgan fingerprint density at radius 1 is 1.08 bits per heavy atom. The van der Waals surface area contributed by atoms with Crippen LogP contribution < -0.4 is 14.8 Å². The van der Waals surface area contributed by atoms with Gasteiger partial charge in [0, 0.05) is 11.6 Å². The van der Waals surface area contributed by atoms with Crippen molar-refractivity contribution in [2.45, 2.75) is 19.9 Å². The second kappa shape index (κ2) is 9.04. The van der Waals surface area contributed by atoms with Gasteiger partial charge >= 0.3 is 0 Å². The van der Waals surface area contributed by atoms with Gasteiger partial charge in [0.1, 0.15) is 17.3 Å².